The third-order valence-corrected chi connectivity index (χ3v) is 4.63. The number of rotatable bonds is 1. The molecule has 0 spiro atoms. The van der Waals surface area contributed by atoms with Gasteiger partial charge >= 0.3 is 0 Å². The van der Waals surface area contributed by atoms with Crippen LogP contribution in [0.15, 0.2) is 47.5 Å². The van der Waals surface area contributed by atoms with Crippen LogP contribution < -0.4 is 4.80 Å². The van der Waals surface area contributed by atoms with E-state index >= 15 is 0 Å². The number of carbonyl (C=O) groups excluding carboxylic acids is 1. The van der Waals surface area contributed by atoms with Crippen molar-refractivity contribution in [3.8, 4) is 0 Å². The second kappa shape index (κ2) is 5.47. The van der Waals surface area contributed by atoms with Crippen molar-refractivity contribution in [2.45, 2.75) is 6.92 Å². The predicted molar refractivity (Wildman–Crippen MR) is 86.9 cm³/mol. The summed E-state index contributed by atoms with van der Waals surface area (Å²) in [7, 11) is 1.93. The Morgan fingerprint density at radius 3 is 2.71 bits per heavy atom. The van der Waals surface area contributed by atoms with Crippen LogP contribution in [0, 0.1) is 6.92 Å². The summed E-state index contributed by atoms with van der Waals surface area (Å²) in [6.45, 7) is 2.05. The zero-order valence-electron chi connectivity index (χ0n) is 11.6. The van der Waals surface area contributed by atoms with Crippen LogP contribution in [-0.4, -0.2) is 10.5 Å². The maximum absolute atomic E-state index is 12.2. The summed E-state index contributed by atoms with van der Waals surface area (Å²) in [6.07, 6.45) is 0. The van der Waals surface area contributed by atoms with Crippen LogP contribution in [0.3, 0.4) is 0 Å². The van der Waals surface area contributed by atoms with Crippen LogP contribution in [-0.2, 0) is 7.05 Å². The van der Waals surface area contributed by atoms with E-state index in [0.29, 0.717) is 15.4 Å². The van der Waals surface area contributed by atoms with Crippen molar-refractivity contribution in [3.63, 3.8) is 0 Å². The lowest BCUT2D eigenvalue weighted by molar-refractivity contribution is 0.0998. The molecule has 1 heterocycles. The molecule has 0 unspecified atom stereocenters. The molecule has 1 aromatic heterocycles. The van der Waals surface area contributed by atoms with Crippen molar-refractivity contribution in [3.05, 3.63) is 63.4 Å². The fraction of sp³-hybridized carbons (Fsp3) is 0.125. The van der Waals surface area contributed by atoms with E-state index in [1.54, 1.807) is 24.3 Å². The molecule has 5 heteroatoms. The van der Waals surface area contributed by atoms with Crippen molar-refractivity contribution < 1.29 is 4.79 Å². The highest BCUT2D eigenvalue weighted by Crippen LogP contribution is 2.20. The summed E-state index contributed by atoms with van der Waals surface area (Å²) >= 11 is 7.42. The van der Waals surface area contributed by atoms with Crippen LogP contribution in [0.1, 0.15) is 15.9 Å². The summed E-state index contributed by atoms with van der Waals surface area (Å²) in [5.74, 6) is -0.280. The van der Waals surface area contributed by atoms with Gasteiger partial charge in [0, 0.05) is 17.6 Å². The van der Waals surface area contributed by atoms with Crippen molar-refractivity contribution >= 4 is 39.1 Å². The fourth-order valence-corrected chi connectivity index (χ4v) is 3.56. The largest absolute Gasteiger partial charge is 0.319 e. The molecule has 0 aliphatic heterocycles. The minimum Gasteiger partial charge on any atom is -0.319 e. The quantitative estimate of drug-likeness (QED) is 0.669. The fourth-order valence-electron chi connectivity index (χ4n) is 2.28. The van der Waals surface area contributed by atoms with E-state index in [-0.39, 0.29) is 5.91 Å². The second-order valence-corrected chi connectivity index (χ2v) is 6.24. The van der Waals surface area contributed by atoms with E-state index in [1.807, 2.05) is 23.7 Å². The Bertz CT molecular complexity index is 908. The molecule has 0 bridgehead atoms. The molecule has 0 atom stereocenters. The molecule has 2 aromatic carbocycles. The number of aromatic nitrogens is 1. The number of para-hydroxylation sites is 1. The molecule has 0 saturated heterocycles. The molecule has 0 N–H and O–H groups in total. The summed E-state index contributed by atoms with van der Waals surface area (Å²) in [5, 5.41) is 0.535. The Kier molecular flexibility index (Phi) is 3.66. The normalized spacial score (nSPS) is 12.0. The molecule has 3 nitrogen and oxygen atoms in total. The predicted octanol–water partition coefficient (Wildman–Crippen LogP) is 3.94. The number of hydrogen-bond donors (Lipinski definition) is 0. The van der Waals surface area contributed by atoms with Gasteiger partial charge in [-0.1, -0.05) is 41.1 Å². The minimum atomic E-state index is -0.280. The standard InChI is InChI=1S/C16H13ClN2OS/c1-10-5-3-8-13-14(10)19(2)16(21-13)18-15(20)11-6-4-7-12(17)9-11/h3-9H,1-2H3. The van der Waals surface area contributed by atoms with Crippen LogP contribution in [0.4, 0.5) is 0 Å². The van der Waals surface area contributed by atoms with Crippen LogP contribution in [0.2, 0.25) is 5.02 Å². The van der Waals surface area contributed by atoms with Crippen LogP contribution >= 0.6 is 22.9 Å². The number of aryl methyl sites for hydroxylation is 2. The molecule has 1 amide bonds. The Hall–Kier alpha value is -1.91. The van der Waals surface area contributed by atoms with Gasteiger partial charge in [-0.2, -0.15) is 4.99 Å². The van der Waals surface area contributed by atoms with Gasteiger partial charge in [-0.05, 0) is 36.8 Å². The van der Waals surface area contributed by atoms with E-state index in [1.165, 1.54) is 16.9 Å². The zero-order chi connectivity index (χ0) is 15.0. The molecule has 3 aromatic rings. The smallest absolute Gasteiger partial charge is 0.279 e. The Balaban J connectivity index is 2.14. The van der Waals surface area contributed by atoms with Gasteiger partial charge in [-0.25, -0.2) is 0 Å². The first kappa shape index (κ1) is 14.0. The van der Waals surface area contributed by atoms with Gasteiger partial charge < -0.3 is 4.57 Å². The monoisotopic (exact) mass is 316 g/mol. The van der Waals surface area contributed by atoms with Gasteiger partial charge in [0.25, 0.3) is 5.91 Å². The number of carbonyl (C=O) groups is 1. The van der Waals surface area contributed by atoms with Gasteiger partial charge in [-0.15, -0.1) is 0 Å². The summed E-state index contributed by atoms with van der Waals surface area (Å²) in [5.41, 5.74) is 2.78. The molecule has 0 saturated carbocycles. The molecule has 0 radical (unpaired) electrons. The number of hydrogen-bond acceptors (Lipinski definition) is 2. The second-order valence-electron chi connectivity index (χ2n) is 4.79. The molecular formula is C16H13ClN2OS. The van der Waals surface area contributed by atoms with Crippen molar-refractivity contribution in [1.82, 2.24) is 4.57 Å². The lowest BCUT2D eigenvalue weighted by Gasteiger charge is -1.99. The SMILES string of the molecule is Cc1cccc2sc(=NC(=O)c3cccc(Cl)c3)n(C)c12. The minimum absolute atomic E-state index is 0.280. The topological polar surface area (TPSA) is 34.4 Å². The number of nitrogens with zero attached hydrogens (tertiary/aromatic N) is 2. The van der Waals surface area contributed by atoms with E-state index in [2.05, 4.69) is 18.0 Å². The highest BCUT2D eigenvalue weighted by molar-refractivity contribution is 7.16. The number of amides is 1. The van der Waals surface area contributed by atoms with Crippen molar-refractivity contribution in [2.24, 2.45) is 12.0 Å². The van der Waals surface area contributed by atoms with E-state index < -0.39 is 0 Å². The number of fused-ring (bicyclic) bond motifs is 1. The van der Waals surface area contributed by atoms with E-state index in [4.69, 9.17) is 11.6 Å². The zero-order valence-corrected chi connectivity index (χ0v) is 13.2. The highest BCUT2D eigenvalue weighted by atomic mass is 35.5. The molecule has 106 valence electrons. The first-order valence-corrected chi connectivity index (χ1v) is 7.65. The number of thiazole rings is 1. The third kappa shape index (κ3) is 2.64. The van der Waals surface area contributed by atoms with Crippen LogP contribution in [0.5, 0.6) is 0 Å². The maximum atomic E-state index is 12.2. The molecule has 0 aliphatic carbocycles. The summed E-state index contributed by atoms with van der Waals surface area (Å²) in [6, 6.07) is 12.9. The molecule has 21 heavy (non-hydrogen) atoms. The first-order valence-electron chi connectivity index (χ1n) is 6.46. The van der Waals surface area contributed by atoms with E-state index in [9.17, 15) is 4.79 Å². The number of benzene rings is 2. The lowest BCUT2D eigenvalue weighted by Crippen LogP contribution is -2.13. The molecule has 0 fully saturated rings. The Morgan fingerprint density at radius 1 is 1.24 bits per heavy atom. The van der Waals surface area contributed by atoms with Gasteiger partial charge in [0.15, 0.2) is 4.80 Å². The van der Waals surface area contributed by atoms with Gasteiger partial charge in [0.05, 0.1) is 10.2 Å². The van der Waals surface area contributed by atoms with Crippen molar-refractivity contribution in [1.29, 1.82) is 0 Å². The Morgan fingerprint density at radius 2 is 2.00 bits per heavy atom. The lowest BCUT2D eigenvalue weighted by atomic mass is 10.2. The van der Waals surface area contributed by atoms with Crippen molar-refractivity contribution in [2.75, 3.05) is 0 Å². The summed E-state index contributed by atoms with van der Waals surface area (Å²) in [4.78, 5) is 17.2. The molecule has 0 aliphatic rings. The average Bonchev–Trinajstić information content (AvgIpc) is 2.77. The highest BCUT2D eigenvalue weighted by Gasteiger charge is 2.08. The average molecular weight is 317 g/mol. The number of halogens is 1. The first-order chi connectivity index (χ1) is 10.1. The molecule has 3 rings (SSSR count). The third-order valence-electron chi connectivity index (χ3n) is 3.29. The molecular weight excluding hydrogens is 304 g/mol. The Labute approximate surface area is 131 Å². The van der Waals surface area contributed by atoms with E-state index in [0.717, 1.165) is 10.2 Å². The summed E-state index contributed by atoms with van der Waals surface area (Å²) < 4.78 is 3.08. The van der Waals surface area contributed by atoms with Gasteiger partial charge in [-0.3, -0.25) is 4.79 Å². The van der Waals surface area contributed by atoms with Gasteiger partial charge in [0.1, 0.15) is 0 Å². The maximum Gasteiger partial charge on any atom is 0.279 e. The van der Waals surface area contributed by atoms with Crippen LogP contribution in [0.25, 0.3) is 10.2 Å². The van der Waals surface area contributed by atoms with Gasteiger partial charge in [0.2, 0.25) is 0 Å².